The van der Waals surface area contributed by atoms with Crippen molar-refractivity contribution >= 4 is 0 Å². The van der Waals surface area contributed by atoms with Gasteiger partial charge < -0.3 is 60.7 Å². The third-order valence-electron chi connectivity index (χ3n) is 0. The van der Waals surface area contributed by atoms with Gasteiger partial charge in [0, 0.05) is 16.5 Å². The maximum Gasteiger partial charge on any atom is 1.00 e. The van der Waals surface area contributed by atoms with Crippen molar-refractivity contribution in [1.29, 1.82) is 0 Å². The molecule has 0 aromatic carbocycles. The van der Waals surface area contributed by atoms with Crippen molar-refractivity contribution in [2.24, 2.45) is 32.0 Å². The van der Waals surface area contributed by atoms with E-state index in [0.717, 1.165) is 32.0 Å². The standard InChI is InChI=1S/4K.6HNO2.Ni/c;;;;6*2-1-3;/h;;;;6*(H,2,3);/q4*+1;;;;;;;/p-6. The summed E-state index contributed by atoms with van der Waals surface area (Å²) in [5.41, 5.74) is 0. The molecule has 18 nitrogen and oxygen atoms in total. The Morgan fingerprint density at radius 2 is 0.348 bits per heavy atom. The molecule has 0 bridgehead atoms. The normalized spacial score (nSPS) is 3.13. The molecule has 0 amide bonds. The van der Waals surface area contributed by atoms with E-state index >= 15 is 0 Å². The van der Waals surface area contributed by atoms with Crippen LogP contribution >= 0.6 is 0 Å². The second-order valence-corrected chi connectivity index (χ2v) is 0.447. The van der Waals surface area contributed by atoms with E-state index in [-0.39, 0.29) is 222 Å². The number of rotatable bonds is 0. The summed E-state index contributed by atoms with van der Waals surface area (Å²) in [7, 11) is 0. The van der Waals surface area contributed by atoms with Gasteiger partial charge in [0.05, 0.1) is 0 Å². The molecular formula is K4N6NiO12-2. The van der Waals surface area contributed by atoms with Crippen LogP contribution in [0.15, 0.2) is 32.0 Å². The summed E-state index contributed by atoms with van der Waals surface area (Å²) in [6.07, 6.45) is 0. The fourth-order valence-electron chi connectivity index (χ4n) is 0. The van der Waals surface area contributed by atoms with Crippen LogP contribution in [0.5, 0.6) is 0 Å². The number of nitrogens with zero attached hydrogens (tertiary/aromatic N) is 6. The molecule has 0 aliphatic rings. The van der Waals surface area contributed by atoms with Crippen molar-refractivity contribution in [2.45, 2.75) is 0 Å². The molecule has 0 aliphatic carbocycles. The zero-order valence-corrected chi connectivity index (χ0v) is 25.4. The van der Waals surface area contributed by atoms with Crippen LogP contribution in [0.25, 0.3) is 0 Å². The summed E-state index contributed by atoms with van der Waals surface area (Å²) in [6, 6.07) is 0. The third-order valence-corrected chi connectivity index (χ3v) is 0. The molecule has 0 saturated carbocycles. The fourth-order valence-corrected chi connectivity index (χ4v) is 0. The molecule has 0 heterocycles. The van der Waals surface area contributed by atoms with Gasteiger partial charge in [-0.1, -0.05) is 0 Å². The topological polar surface area (TPSA) is 315 Å². The van der Waals surface area contributed by atoms with Crippen LogP contribution < -0.4 is 206 Å². The van der Waals surface area contributed by atoms with Crippen LogP contribution in [0, 0.1) is 60.7 Å². The molecule has 0 saturated heterocycles. The van der Waals surface area contributed by atoms with Crippen molar-refractivity contribution in [3.63, 3.8) is 0 Å². The van der Waals surface area contributed by atoms with E-state index in [0.29, 0.717) is 0 Å². The monoisotopic (exact) mass is 490 g/mol. The first-order chi connectivity index (χ1) is 8.49. The molecule has 118 valence electrons. The van der Waals surface area contributed by atoms with Gasteiger partial charge in [-0.25, -0.2) is 0 Å². The Labute approximate surface area is 306 Å². The Morgan fingerprint density at radius 1 is 0.348 bits per heavy atom. The van der Waals surface area contributed by atoms with Gasteiger partial charge in [0.15, 0.2) is 0 Å². The van der Waals surface area contributed by atoms with E-state index in [9.17, 15) is 0 Å². The average molecular weight is 491 g/mol. The molecule has 23 heavy (non-hydrogen) atoms. The first-order valence-corrected chi connectivity index (χ1v) is 2.19. The van der Waals surface area contributed by atoms with E-state index in [2.05, 4.69) is 0 Å². The molecule has 0 aliphatic heterocycles. The summed E-state index contributed by atoms with van der Waals surface area (Å²) in [4.78, 5) is 48.0. The summed E-state index contributed by atoms with van der Waals surface area (Å²) in [5.74, 6) is 0. The molecule has 0 aromatic heterocycles. The smallest absolute Gasteiger partial charge is 0.444 e. The second-order valence-electron chi connectivity index (χ2n) is 0.447. The van der Waals surface area contributed by atoms with Crippen LogP contribution in [0.1, 0.15) is 0 Å². The molecular weight excluding hydrogens is 491 g/mol. The van der Waals surface area contributed by atoms with Crippen LogP contribution in [-0.4, -0.2) is 0 Å². The maximum atomic E-state index is 8.00. The molecule has 0 fully saturated rings. The van der Waals surface area contributed by atoms with Gasteiger partial charge in [0.2, 0.25) is 0 Å². The van der Waals surface area contributed by atoms with Gasteiger partial charge in [0.1, 0.15) is 0 Å². The Kier molecular flexibility index (Phi) is 532. The van der Waals surface area contributed by atoms with Crippen LogP contribution in [-0.2, 0) is 16.5 Å². The SMILES string of the molecule is O=N[O-].O=N[O-].O=N[O-].O=N[O-].O=N[O-].O=N[O-].[K+].[K+].[K+].[K+].[Ni]. The Hall–Kier alpha value is 3.44. The molecule has 0 radical (unpaired) electrons. The van der Waals surface area contributed by atoms with Crippen molar-refractivity contribution in [3.05, 3.63) is 60.7 Å². The Morgan fingerprint density at radius 3 is 0.348 bits per heavy atom. The first kappa shape index (κ1) is 71.8. The van der Waals surface area contributed by atoms with Crippen molar-refractivity contribution < 1.29 is 222 Å². The fraction of sp³-hybridized carbons (Fsp3) is 0. The van der Waals surface area contributed by atoms with Gasteiger partial charge in [-0.2, -0.15) is 0 Å². The van der Waals surface area contributed by atoms with E-state index < -0.39 is 0 Å². The predicted molar refractivity (Wildman–Crippen MR) is 55.0 cm³/mol. The van der Waals surface area contributed by atoms with E-state index in [1.165, 1.54) is 0 Å². The number of hydrogen-bond acceptors (Lipinski definition) is 18. The van der Waals surface area contributed by atoms with Crippen molar-refractivity contribution in [1.82, 2.24) is 0 Å². The van der Waals surface area contributed by atoms with E-state index in [4.69, 9.17) is 60.7 Å². The van der Waals surface area contributed by atoms with Crippen molar-refractivity contribution in [3.8, 4) is 0 Å². The summed E-state index contributed by atoms with van der Waals surface area (Å²) in [6.45, 7) is 0. The van der Waals surface area contributed by atoms with Gasteiger partial charge >= 0.3 is 206 Å². The minimum atomic E-state index is 0. The van der Waals surface area contributed by atoms with Gasteiger partial charge in [-0.3, -0.25) is 0 Å². The minimum absolute atomic E-state index is 0. The number of hydrogen-bond donors (Lipinski definition) is 0. The maximum absolute atomic E-state index is 8.00. The summed E-state index contributed by atoms with van der Waals surface area (Å²) in [5, 5.41) is 54.0. The minimum Gasteiger partial charge on any atom is -0.444 e. The molecule has 0 rings (SSSR count). The van der Waals surface area contributed by atoms with E-state index in [1.807, 2.05) is 0 Å². The molecule has 0 N–H and O–H groups in total. The zero-order chi connectivity index (χ0) is 16.2. The molecule has 0 unspecified atom stereocenters. The Balaban J connectivity index is -0.00000000800. The van der Waals surface area contributed by atoms with Gasteiger partial charge in [-0.05, 0) is 0 Å². The molecule has 0 aromatic rings. The summed E-state index contributed by atoms with van der Waals surface area (Å²) < 4.78 is 0. The summed E-state index contributed by atoms with van der Waals surface area (Å²) >= 11 is 0. The third kappa shape index (κ3) is 1180. The molecule has 23 heteroatoms. The Bertz CT molecular complexity index is 129. The van der Waals surface area contributed by atoms with Gasteiger partial charge in [0.25, 0.3) is 0 Å². The van der Waals surface area contributed by atoms with E-state index in [1.54, 1.807) is 0 Å². The zero-order valence-electron chi connectivity index (χ0n) is 11.9. The average Bonchev–Trinajstić information content (AvgIpc) is 2.23. The van der Waals surface area contributed by atoms with Gasteiger partial charge in [-0.15, -0.1) is 32.0 Å². The first-order valence-electron chi connectivity index (χ1n) is 2.19. The van der Waals surface area contributed by atoms with Crippen LogP contribution in [0.3, 0.4) is 0 Å². The molecule has 0 atom stereocenters. The van der Waals surface area contributed by atoms with Crippen molar-refractivity contribution in [2.75, 3.05) is 0 Å². The van der Waals surface area contributed by atoms with Crippen LogP contribution in [0.4, 0.5) is 0 Å². The quantitative estimate of drug-likeness (QED) is 0.173. The predicted octanol–water partition coefficient (Wildman–Crippen LogP) is -10.5. The largest absolute Gasteiger partial charge is 1.00 e. The van der Waals surface area contributed by atoms with Crippen LogP contribution in [0.2, 0.25) is 0 Å². The molecule has 0 spiro atoms. The second kappa shape index (κ2) is 171.